The van der Waals surface area contributed by atoms with Gasteiger partial charge in [-0.2, -0.15) is 5.26 Å². The Balaban J connectivity index is 1.70. The average Bonchev–Trinajstić information content (AvgIpc) is 2.84. The fraction of sp³-hybridized carbons (Fsp3) is 0.192. The van der Waals surface area contributed by atoms with Gasteiger partial charge in [0.15, 0.2) is 0 Å². The summed E-state index contributed by atoms with van der Waals surface area (Å²) >= 11 is 1.33. The molecule has 3 aromatic rings. The van der Waals surface area contributed by atoms with Gasteiger partial charge in [-0.05, 0) is 79.9 Å². The van der Waals surface area contributed by atoms with E-state index in [0.717, 1.165) is 10.5 Å². The van der Waals surface area contributed by atoms with Crippen molar-refractivity contribution in [1.82, 2.24) is 10.0 Å². The minimum Gasteiger partial charge on any atom is -0.340 e. The largest absolute Gasteiger partial charge is 0.340 e. The highest BCUT2D eigenvalue weighted by Crippen LogP contribution is 2.21. The van der Waals surface area contributed by atoms with Crippen molar-refractivity contribution in [2.24, 2.45) is 0 Å². The minimum atomic E-state index is -0.841. The topological polar surface area (TPSA) is 94.0 Å². The van der Waals surface area contributed by atoms with Gasteiger partial charge in [0.05, 0.1) is 6.07 Å². The first-order chi connectivity index (χ1) is 16.3. The number of rotatable bonds is 9. The molecule has 6 nitrogen and oxygen atoms in total. The van der Waals surface area contributed by atoms with E-state index < -0.39 is 23.3 Å². The van der Waals surface area contributed by atoms with Crippen LogP contribution in [0.4, 0.5) is 10.1 Å². The van der Waals surface area contributed by atoms with Crippen molar-refractivity contribution < 1.29 is 14.0 Å². The monoisotopic (exact) mass is 476 g/mol. The molecule has 0 heterocycles. The molecule has 0 bridgehead atoms. The molecular formula is C26H25FN4O2S. The van der Waals surface area contributed by atoms with Crippen LogP contribution in [-0.4, -0.2) is 23.4 Å². The van der Waals surface area contributed by atoms with E-state index in [0.29, 0.717) is 12.1 Å². The van der Waals surface area contributed by atoms with Gasteiger partial charge in [0.25, 0.3) is 5.91 Å². The van der Waals surface area contributed by atoms with Crippen LogP contribution in [0.5, 0.6) is 0 Å². The second kappa shape index (κ2) is 11.5. The van der Waals surface area contributed by atoms with Crippen LogP contribution < -0.4 is 15.4 Å². The van der Waals surface area contributed by atoms with E-state index in [-0.39, 0.29) is 11.5 Å². The van der Waals surface area contributed by atoms with E-state index in [4.69, 9.17) is 5.26 Å². The Hall–Kier alpha value is -3.67. The van der Waals surface area contributed by atoms with E-state index in [1.807, 2.05) is 42.5 Å². The highest BCUT2D eigenvalue weighted by Gasteiger charge is 2.22. The Bertz CT molecular complexity index is 1160. The van der Waals surface area contributed by atoms with Gasteiger partial charge in [-0.3, -0.25) is 9.59 Å². The van der Waals surface area contributed by atoms with Gasteiger partial charge >= 0.3 is 0 Å². The molecule has 2 amide bonds. The number of nitriles is 1. The van der Waals surface area contributed by atoms with E-state index in [2.05, 4.69) is 21.4 Å². The number of hydrogen-bond acceptors (Lipinski definition) is 5. The molecule has 0 saturated carbocycles. The predicted octanol–water partition coefficient (Wildman–Crippen LogP) is 4.70. The average molecular weight is 477 g/mol. The summed E-state index contributed by atoms with van der Waals surface area (Å²) < 4.78 is 16.3. The van der Waals surface area contributed by atoms with Gasteiger partial charge in [0, 0.05) is 22.6 Å². The van der Waals surface area contributed by atoms with Crippen molar-refractivity contribution in [2.75, 3.05) is 5.32 Å². The maximum atomic E-state index is 13.2. The lowest BCUT2D eigenvalue weighted by molar-refractivity contribution is -0.118. The smallest absolute Gasteiger partial charge is 0.251 e. The Labute approximate surface area is 202 Å². The quantitative estimate of drug-likeness (QED) is 0.389. The number of hydrogen-bond donors (Lipinski definition) is 3. The molecule has 1 unspecified atom stereocenters. The summed E-state index contributed by atoms with van der Waals surface area (Å²) in [7, 11) is 0. The van der Waals surface area contributed by atoms with Crippen molar-refractivity contribution in [2.45, 2.75) is 36.7 Å². The molecule has 0 aliphatic carbocycles. The van der Waals surface area contributed by atoms with Crippen LogP contribution in [0.1, 0.15) is 29.8 Å². The van der Waals surface area contributed by atoms with Gasteiger partial charge in [-0.1, -0.05) is 30.3 Å². The zero-order valence-electron chi connectivity index (χ0n) is 18.8. The number of halogens is 1. The number of carbonyl (C=O) groups is 2. The van der Waals surface area contributed by atoms with Crippen molar-refractivity contribution in [3.05, 3.63) is 95.8 Å². The third-order valence-electron chi connectivity index (χ3n) is 4.84. The fourth-order valence-electron chi connectivity index (χ4n) is 2.95. The van der Waals surface area contributed by atoms with E-state index in [1.54, 1.807) is 26.0 Å². The van der Waals surface area contributed by atoms with Crippen LogP contribution >= 0.6 is 11.9 Å². The van der Waals surface area contributed by atoms with Gasteiger partial charge in [0.1, 0.15) is 17.4 Å². The second-order valence-electron chi connectivity index (χ2n) is 8.18. The van der Waals surface area contributed by atoms with Crippen LogP contribution in [0.3, 0.4) is 0 Å². The maximum Gasteiger partial charge on any atom is 0.251 e. The molecule has 3 rings (SSSR count). The molecule has 34 heavy (non-hydrogen) atoms. The molecule has 0 spiro atoms. The van der Waals surface area contributed by atoms with Crippen LogP contribution in [0.2, 0.25) is 0 Å². The van der Waals surface area contributed by atoms with Gasteiger partial charge in [-0.15, -0.1) is 0 Å². The summed E-state index contributed by atoms with van der Waals surface area (Å²) in [5.74, 6) is -1.28. The third kappa shape index (κ3) is 7.44. The molecule has 0 aliphatic rings. The van der Waals surface area contributed by atoms with Gasteiger partial charge in [0.2, 0.25) is 5.91 Å². The molecular weight excluding hydrogens is 451 g/mol. The summed E-state index contributed by atoms with van der Waals surface area (Å²) in [6.07, 6.45) is 0.292. The van der Waals surface area contributed by atoms with Crippen molar-refractivity contribution in [3.63, 3.8) is 0 Å². The minimum absolute atomic E-state index is 0.265. The first kappa shape index (κ1) is 25.0. The number of amides is 2. The number of nitrogens with one attached hydrogen (secondary N) is 3. The fourth-order valence-corrected chi connectivity index (χ4v) is 3.64. The van der Waals surface area contributed by atoms with Crippen molar-refractivity contribution in [3.8, 4) is 6.07 Å². The van der Waals surface area contributed by atoms with Crippen LogP contribution in [-0.2, 0) is 11.2 Å². The first-order valence-electron chi connectivity index (χ1n) is 10.6. The lowest BCUT2D eigenvalue weighted by atomic mass is 10.0. The molecule has 3 aromatic carbocycles. The number of nitrogens with zero attached hydrogens (tertiary/aromatic N) is 1. The molecule has 0 aliphatic heterocycles. The molecule has 0 fully saturated rings. The van der Waals surface area contributed by atoms with Gasteiger partial charge < -0.3 is 10.6 Å². The van der Waals surface area contributed by atoms with Crippen molar-refractivity contribution >= 4 is 29.4 Å². The highest BCUT2D eigenvalue weighted by atomic mass is 32.2. The zero-order valence-corrected chi connectivity index (χ0v) is 19.7. The lowest BCUT2D eigenvalue weighted by Crippen LogP contribution is -2.45. The first-order valence-corrected chi connectivity index (χ1v) is 11.4. The SMILES string of the molecule is CC(C)(C#N)NSc1ccc(NC(=O)C(Cc2ccccc2)NC(=O)c2ccc(F)cc2)cc1. The Morgan fingerprint density at radius 2 is 1.65 bits per heavy atom. The normalized spacial score (nSPS) is 11.8. The predicted molar refractivity (Wildman–Crippen MR) is 132 cm³/mol. The van der Waals surface area contributed by atoms with Crippen LogP contribution in [0.25, 0.3) is 0 Å². The Morgan fingerprint density at radius 3 is 2.26 bits per heavy atom. The molecule has 3 N–H and O–H groups in total. The summed E-state index contributed by atoms with van der Waals surface area (Å²) in [5, 5.41) is 14.7. The zero-order chi connectivity index (χ0) is 24.6. The lowest BCUT2D eigenvalue weighted by Gasteiger charge is -2.19. The third-order valence-corrected chi connectivity index (χ3v) is 5.96. The summed E-state index contributed by atoms with van der Waals surface area (Å²) in [6.45, 7) is 3.56. The molecule has 1 atom stereocenters. The van der Waals surface area contributed by atoms with Gasteiger partial charge in [-0.25, -0.2) is 9.11 Å². The number of benzene rings is 3. The molecule has 0 radical (unpaired) electrons. The molecule has 174 valence electrons. The van der Waals surface area contributed by atoms with E-state index in [9.17, 15) is 14.0 Å². The summed E-state index contributed by atoms with van der Waals surface area (Å²) in [5.41, 5.74) is 1.05. The van der Waals surface area contributed by atoms with Crippen molar-refractivity contribution in [1.29, 1.82) is 5.26 Å². The number of anilines is 1. The van der Waals surface area contributed by atoms with E-state index >= 15 is 0 Å². The molecule has 8 heteroatoms. The molecule has 0 aromatic heterocycles. The molecule has 0 saturated heterocycles. The second-order valence-corrected chi connectivity index (χ2v) is 9.06. The number of carbonyl (C=O) groups excluding carboxylic acids is 2. The highest BCUT2D eigenvalue weighted by molar-refractivity contribution is 7.97. The van der Waals surface area contributed by atoms with Crippen LogP contribution in [0.15, 0.2) is 83.8 Å². The Morgan fingerprint density at radius 1 is 1.00 bits per heavy atom. The summed E-state index contributed by atoms with van der Waals surface area (Å²) in [6, 6.07) is 23.0. The van der Waals surface area contributed by atoms with E-state index in [1.165, 1.54) is 36.2 Å². The maximum absolute atomic E-state index is 13.2. The standard InChI is InChI=1S/C26H25FN4O2S/c1-26(2,17-28)31-34-22-14-12-21(13-15-22)29-25(33)23(16-18-6-4-3-5-7-18)30-24(32)19-8-10-20(27)11-9-19/h3-15,23,31H,16H2,1-2H3,(H,29,33)(H,30,32). The summed E-state index contributed by atoms with van der Waals surface area (Å²) in [4.78, 5) is 26.7. The van der Waals surface area contributed by atoms with Crippen LogP contribution in [0, 0.1) is 17.1 Å². The Kier molecular flexibility index (Phi) is 8.41.